The summed E-state index contributed by atoms with van der Waals surface area (Å²) in [4.78, 5) is 24.8. The summed E-state index contributed by atoms with van der Waals surface area (Å²) in [5.74, 6) is 0.509. The van der Waals surface area contributed by atoms with Crippen molar-refractivity contribution in [2.75, 3.05) is 18.8 Å². The van der Waals surface area contributed by atoms with E-state index in [0.29, 0.717) is 13.1 Å². The summed E-state index contributed by atoms with van der Waals surface area (Å²) in [6.07, 6.45) is 0.859. The molecule has 1 aliphatic rings. The minimum Gasteiger partial charge on any atom is -0.338 e. The van der Waals surface area contributed by atoms with Gasteiger partial charge < -0.3 is 4.90 Å². The maximum absolute atomic E-state index is 12.6. The second kappa shape index (κ2) is 6.23. The number of benzene rings is 1. The van der Waals surface area contributed by atoms with Gasteiger partial charge in [-0.1, -0.05) is 31.5 Å². The Labute approximate surface area is 132 Å². The molecule has 0 atom stereocenters. The largest absolute Gasteiger partial charge is 0.338 e. The van der Waals surface area contributed by atoms with Crippen molar-refractivity contribution in [1.29, 1.82) is 0 Å². The number of nitrogens with zero attached hydrogens (tertiary/aromatic N) is 2. The van der Waals surface area contributed by atoms with Gasteiger partial charge in [-0.15, -0.1) is 0 Å². The number of nitro benzene ring substituents is 1. The van der Waals surface area contributed by atoms with Crippen molar-refractivity contribution in [1.82, 2.24) is 4.90 Å². The normalized spacial score (nSPS) is 18.1. The van der Waals surface area contributed by atoms with E-state index in [1.54, 1.807) is 11.0 Å². The predicted molar refractivity (Wildman–Crippen MR) is 85.2 cm³/mol. The maximum atomic E-state index is 12.6. The number of para-hydroxylation sites is 1. The number of thioether (sulfide) groups is 1. The fraction of sp³-hybridized carbons (Fsp3) is 0.500. The first-order chi connectivity index (χ1) is 9.82. The van der Waals surface area contributed by atoms with Crippen LogP contribution >= 0.6 is 23.4 Å². The van der Waals surface area contributed by atoms with Gasteiger partial charge in [-0.05, 0) is 18.6 Å². The van der Waals surface area contributed by atoms with Crippen LogP contribution in [0.4, 0.5) is 5.69 Å². The molecule has 2 rings (SSSR count). The zero-order chi connectivity index (χ0) is 15.6. The van der Waals surface area contributed by atoms with Gasteiger partial charge in [0.2, 0.25) is 0 Å². The Morgan fingerprint density at radius 3 is 2.81 bits per heavy atom. The van der Waals surface area contributed by atoms with E-state index in [-0.39, 0.29) is 26.9 Å². The van der Waals surface area contributed by atoms with Crippen molar-refractivity contribution in [2.24, 2.45) is 0 Å². The van der Waals surface area contributed by atoms with Crippen molar-refractivity contribution >= 4 is 35.0 Å². The summed E-state index contributed by atoms with van der Waals surface area (Å²) in [6.45, 7) is 5.49. The molecule has 0 unspecified atom stereocenters. The third-order valence-electron chi connectivity index (χ3n) is 3.52. The van der Waals surface area contributed by atoms with Gasteiger partial charge >= 0.3 is 5.69 Å². The van der Waals surface area contributed by atoms with Crippen LogP contribution in [-0.4, -0.2) is 39.3 Å². The first-order valence-electron chi connectivity index (χ1n) is 6.68. The molecule has 0 aromatic heterocycles. The fourth-order valence-corrected chi connectivity index (χ4v) is 3.61. The van der Waals surface area contributed by atoms with E-state index in [9.17, 15) is 14.9 Å². The first kappa shape index (κ1) is 16.1. The molecule has 7 heteroatoms. The number of halogens is 1. The molecule has 0 N–H and O–H groups in total. The molecule has 1 aromatic rings. The molecule has 1 saturated heterocycles. The van der Waals surface area contributed by atoms with Crippen molar-refractivity contribution < 1.29 is 9.72 Å². The number of carbonyl (C=O) groups excluding carboxylic acids is 1. The van der Waals surface area contributed by atoms with E-state index in [1.165, 1.54) is 12.1 Å². The van der Waals surface area contributed by atoms with Gasteiger partial charge in [0.15, 0.2) is 0 Å². The number of nitro groups is 1. The topological polar surface area (TPSA) is 63.5 Å². The maximum Gasteiger partial charge on any atom is 0.300 e. The van der Waals surface area contributed by atoms with Crippen LogP contribution in [0.15, 0.2) is 18.2 Å². The number of rotatable bonds is 2. The Morgan fingerprint density at radius 2 is 2.14 bits per heavy atom. The highest BCUT2D eigenvalue weighted by Crippen LogP contribution is 2.33. The zero-order valence-electron chi connectivity index (χ0n) is 12.0. The Morgan fingerprint density at radius 1 is 1.43 bits per heavy atom. The van der Waals surface area contributed by atoms with Crippen molar-refractivity contribution in [3.8, 4) is 0 Å². The van der Waals surface area contributed by atoms with Crippen molar-refractivity contribution in [3.63, 3.8) is 0 Å². The third kappa shape index (κ3) is 3.68. The number of hydrogen-bond acceptors (Lipinski definition) is 4. The highest BCUT2D eigenvalue weighted by atomic mass is 35.5. The Hall–Kier alpha value is -1.27. The van der Waals surface area contributed by atoms with E-state index >= 15 is 0 Å². The molecule has 1 amide bonds. The molecule has 0 saturated carbocycles. The lowest BCUT2D eigenvalue weighted by Gasteiger charge is -2.22. The van der Waals surface area contributed by atoms with Crippen LogP contribution in [0.3, 0.4) is 0 Å². The predicted octanol–water partition coefficient (Wildman–Crippen LogP) is 3.61. The number of carbonyl (C=O) groups is 1. The smallest absolute Gasteiger partial charge is 0.300 e. The Bertz CT molecular complexity index is 577. The van der Waals surface area contributed by atoms with Crippen LogP contribution in [0.5, 0.6) is 0 Å². The lowest BCUT2D eigenvalue weighted by atomic mass is 10.1. The molecule has 0 aliphatic carbocycles. The van der Waals surface area contributed by atoms with E-state index in [2.05, 4.69) is 13.8 Å². The van der Waals surface area contributed by atoms with Gasteiger partial charge in [0.05, 0.1) is 4.92 Å². The van der Waals surface area contributed by atoms with E-state index < -0.39 is 4.92 Å². The van der Waals surface area contributed by atoms with E-state index in [1.807, 2.05) is 11.8 Å². The van der Waals surface area contributed by atoms with Crippen LogP contribution in [-0.2, 0) is 0 Å². The van der Waals surface area contributed by atoms with Gasteiger partial charge in [0.1, 0.15) is 10.6 Å². The monoisotopic (exact) mass is 328 g/mol. The molecule has 5 nitrogen and oxygen atoms in total. The van der Waals surface area contributed by atoms with Crippen LogP contribution in [0, 0.1) is 10.1 Å². The Balaban J connectivity index is 2.28. The summed E-state index contributed by atoms with van der Waals surface area (Å²) in [5, 5.41) is 11.1. The average Bonchev–Trinajstić information content (AvgIpc) is 2.58. The molecule has 1 heterocycles. The van der Waals surface area contributed by atoms with Gasteiger partial charge in [-0.3, -0.25) is 14.9 Å². The molecule has 1 aliphatic heterocycles. The summed E-state index contributed by atoms with van der Waals surface area (Å²) in [6, 6.07) is 4.46. The second-order valence-corrected chi connectivity index (χ2v) is 7.75. The number of amides is 1. The molecule has 0 radical (unpaired) electrons. The molecular weight excluding hydrogens is 312 g/mol. The molecule has 0 bridgehead atoms. The van der Waals surface area contributed by atoms with E-state index in [4.69, 9.17) is 11.6 Å². The summed E-state index contributed by atoms with van der Waals surface area (Å²) < 4.78 is 0.120. The van der Waals surface area contributed by atoms with Crippen LogP contribution in [0.2, 0.25) is 5.02 Å². The van der Waals surface area contributed by atoms with Crippen molar-refractivity contribution in [3.05, 3.63) is 38.9 Å². The zero-order valence-corrected chi connectivity index (χ0v) is 13.5. The van der Waals surface area contributed by atoms with Gasteiger partial charge in [-0.25, -0.2) is 0 Å². The summed E-state index contributed by atoms with van der Waals surface area (Å²) in [5.41, 5.74) is -0.238. The van der Waals surface area contributed by atoms with Crippen molar-refractivity contribution in [2.45, 2.75) is 25.0 Å². The summed E-state index contributed by atoms with van der Waals surface area (Å²) in [7, 11) is 0. The van der Waals surface area contributed by atoms with Crippen LogP contribution < -0.4 is 0 Å². The molecular formula is C14H17ClN2O3S. The minimum absolute atomic E-state index is 0.00428. The second-order valence-electron chi connectivity index (χ2n) is 5.54. The standard InChI is InChI=1S/C14H17ClN2O3S/c1-14(2)6-7-16(8-9-21-14)13(18)10-4-3-5-11(15)12(10)17(19)20/h3-5H,6-9H2,1-2H3. The fourth-order valence-electron chi connectivity index (χ4n) is 2.27. The molecule has 21 heavy (non-hydrogen) atoms. The third-order valence-corrected chi connectivity index (χ3v) is 5.20. The Kier molecular flexibility index (Phi) is 4.78. The highest BCUT2D eigenvalue weighted by Gasteiger charge is 2.30. The highest BCUT2D eigenvalue weighted by molar-refractivity contribution is 8.00. The van der Waals surface area contributed by atoms with Gasteiger partial charge in [0.25, 0.3) is 5.91 Å². The molecule has 1 aromatic carbocycles. The quantitative estimate of drug-likeness (QED) is 0.614. The molecule has 1 fully saturated rings. The molecule has 0 spiro atoms. The summed E-state index contributed by atoms with van der Waals surface area (Å²) >= 11 is 7.69. The number of hydrogen-bond donors (Lipinski definition) is 0. The van der Waals surface area contributed by atoms with Gasteiger partial charge in [0, 0.05) is 23.6 Å². The SMILES string of the molecule is CC1(C)CCN(C(=O)c2cccc(Cl)c2[N+](=O)[O-])CCS1. The average molecular weight is 329 g/mol. The molecule has 114 valence electrons. The van der Waals surface area contributed by atoms with Crippen LogP contribution in [0.1, 0.15) is 30.6 Å². The lowest BCUT2D eigenvalue weighted by Crippen LogP contribution is -2.34. The lowest BCUT2D eigenvalue weighted by molar-refractivity contribution is -0.385. The van der Waals surface area contributed by atoms with Gasteiger partial charge in [-0.2, -0.15) is 11.8 Å². The van der Waals surface area contributed by atoms with E-state index in [0.717, 1.165) is 12.2 Å². The minimum atomic E-state index is -0.591. The first-order valence-corrected chi connectivity index (χ1v) is 8.04. The van der Waals surface area contributed by atoms with Crippen LogP contribution in [0.25, 0.3) is 0 Å².